The zero-order valence-electron chi connectivity index (χ0n) is 16.9. The third-order valence-corrected chi connectivity index (χ3v) is 5.01. The van der Waals surface area contributed by atoms with Crippen LogP contribution >= 0.6 is 0 Å². The minimum atomic E-state index is -0.683. The van der Waals surface area contributed by atoms with E-state index in [1.165, 1.54) is 6.07 Å². The molecule has 8 nitrogen and oxygen atoms in total. The van der Waals surface area contributed by atoms with Gasteiger partial charge in [-0.2, -0.15) is 0 Å². The summed E-state index contributed by atoms with van der Waals surface area (Å²) in [5.74, 6) is -1.50. The Bertz CT molecular complexity index is 1030. The second-order valence-electron chi connectivity index (χ2n) is 7.76. The van der Waals surface area contributed by atoms with Gasteiger partial charge in [-0.3, -0.25) is 14.4 Å². The van der Waals surface area contributed by atoms with Crippen LogP contribution < -0.4 is 16.0 Å². The van der Waals surface area contributed by atoms with Crippen molar-refractivity contribution in [3.8, 4) is 0 Å². The summed E-state index contributed by atoms with van der Waals surface area (Å²) in [6, 6.07) is 13.2. The lowest BCUT2D eigenvalue weighted by Crippen LogP contribution is -2.28. The normalized spacial score (nSPS) is 15.0. The van der Waals surface area contributed by atoms with Gasteiger partial charge in [-0.15, -0.1) is 0 Å². The monoisotopic (exact) mass is 421 g/mol. The van der Waals surface area contributed by atoms with Gasteiger partial charge in [0, 0.05) is 17.6 Å². The largest absolute Gasteiger partial charge is 0.452 e. The minimum absolute atomic E-state index is 0.0496. The van der Waals surface area contributed by atoms with Gasteiger partial charge in [-0.1, -0.05) is 18.2 Å². The molecule has 2 aromatic rings. The number of carbonyl (C=O) groups excluding carboxylic acids is 4. The smallest absolute Gasteiger partial charge is 0.338 e. The number of carbonyl (C=O) groups is 4. The molecule has 8 heteroatoms. The molecule has 0 heterocycles. The van der Waals surface area contributed by atoms with Gasteiger partial charge < -0.3 is 20.7 Å². The Labute approximate surface area is 179 Å². The Balaban J connectivity index is 1.31. The molecule has 2 aromatic carbocycles. The van der Waals surface area contributed by atoms with Crippen LogP contribution in [-0.4, -0.2) is 36.3 Å². The van der Waals surface area contributed by atoms with E-state index in [1.807, 2.05) is 0 Å². The molecule has 2 aliphatic rings. The van der Waals surface area contributed by atoms with E-state index in [1.54, 1.807) is 42.5 Å². The summed E-state index contributed by atoms with van der Waals surface area (Å²) in [4.78, 5) is 48.8. The van der Waals surface area contributed by atoms with Gasteiger partial charge in [0.25, 0.3) is 11.8 Å². The molecule has 0 unspecified atom stereocenters. The van der Waals surface area contributed by atoms with Crippen molar-refractivity contribution in [3.05, 3.63) is 59.7 Å². The molecule has 0 atom stereocenters. The molecule has 0 aromatic heterocycles. The topological polar surface area (TPSA) is 114 Å². The molecular formula is C23H23N3O5. The van der Waals surface area contributed by atoms with Crippen molar-refractivity contribution in [1.29, 1.82) is 0 Å². The van der Waals surface area contributed by atoms with Crippen LogP contribution in [0.1, 0.15) is 46.4 Å². The summed E-state index contributed by atoms with van der Waals surface area (Å²) in [7, 11) is 0. The zero-order chi connectivity index (χ0) is 21.8. The Morgan fingerprint density at radius 1 is 0.903 bits per heavy atom. The van der Waals surface area contributed by atoms with Crippen LogP contribution in [0.5, 0.6) is 0 Å². The quantitative estimate of drug-likeness (QED) is 0.567. The third kappa shape index (κ3) is 5.69. The van der Waals surface area contributed by atoms with Gasteiger partial charge in [0.1, 0.15) is 0 Å². The van der Waals surface area contributed by atoms with Crippen LogP contribution in [-0.2, 0) is 14.3 Å². The van der Waals surface area contributed by atoms with Gasteiger partial charge in [0.05, 0.1) is 16.8 Å². The summed E-state index contributed by atoms with van der Waals surface area (Å²) in [5, 5.41) is 8.26. The number of hydrogen-bond acceptors (Lipinski definition) is 5. The van der Waals surface area contributed by atoms with Crippen molar-refractivity contribution >= 4 is 35.1 Å². The van der Waals surface area contributed by atoms with Crippen molar-refractivity contribution in [2.24, 2.45) is 5.92 Å². The molecule has 0 bridgehead atoms. The van der Waals surface area contributed by atoms with Crippen molar-refractivity contribution in [1.82, 2.24) is 5.32 Å². The molecular weight excluding hydrogens is 398 g/mol. The summed E-state index contributed by atoms with van der Waals surface area (Å²) >= 11 is 0. The fourth-order valence-corrected chi connectivity index (χ4v) is 3.00. The summed E-state index contributed by atoms with van der Waals surface area (Å²) < 4.78 is 5.09. The fraction of sp³-hybridized carbons (Fsp3) is 0.304. The number of anilines is 2. The number of benzene rings is 2. The van der Waals surface area contributed by atoms with E-state index >= 15 is 0 Å². The lowest BCUT2D eigenvalue weighted by molar-refractivity contribution is -0.119. The molecule has 3 N–H and O–H groups in total. The molecule has 0 saturated heterocycles. The van der Waals surface area contributed by atoms with Crippen molar-refractivity contribution in [3.63, 3.8) is 0 Å². The van der Waals surface area contributed by atoms with Gasteiger partial charge in [-0.05, 0) is 56.0 Å². The Morgan fingerprint density at radius 2 is 1.68 bits per heavy atom. The van der Waals surface area contributed by atoms with E-state index in [9.17, 15) is 19.2 Å². The second-order valence-corrected chi connectivity index (χ2v) is 7.76. The van der Waals surface area contributed by atoms with Crippen LogP contribution in [0.2, 0.25) is 0 Å². The highest BCUT2D eigenvalue weighted by atomic mass is 16.5. The van der Waals surface area contributed by atoms with E-state index in [0.29, 0.717) is 16.9 Å². The van der Waals surface area contributed by atoms with Gasteiger partial charge >= 0.3 is 5.97 Å². The molecule has 4 rings (SSSR count). The lowest BCUT2D eigenvalue weighted by atomic mass is 10.1. The maximum atomic E-state index is 12.3. The van der Waals surface area contributed by atoms with Crippen LogP contribution in [0.15, 0.2) is 48.5 Å². The van der Waals surface area contributed by atoms with Crippen molar-refractivity contribution in [2.75, 3.05) is 17.2 Å². The Hall–Kier alpha value is -3.68. The minimum Gasteiger partial charge on any atom is -0.452 e. The van der Waals surface area contributed by atoms with E-state index in [2.05, 4.69) is 16.0 Å². The first-order chi connectivity index (χ1) is 15.0. The summed E-state index contributed by atoms with van der Waals surface area (Å²) in [6.07, 6.45) is 3.69. The van der Waals surface area contributed by atoms with E-state index in [4.69, 9.17) is 4.74 Å². The number of hydrogen-bond donors (Lipinski definition) is 3. The Morgan fingerprint density at radius 3 is 2.42 bits per heavy atom. The lowest BCUT2D eigenvalue weighted by Gasteiger charge is -2.11. The number of amides is 3. The zero-order valence-corrected chi connectivity index (χ0v) is 16.9. The maximum Gasteiger partial charge on any atom is 0.338 e. The average Bonchev–Trinajstić information content (AvgIpc) is 3.67. The van der Waals surface area contributed by atoms with Gasteiger partial charge in [0.2, 0.25) is 5.91 Å². The van der Waals surface area contributed by atoms with Crippen LogP contribution in [0, 0.1) is 5.92 Å². The Kier molecular flexibility index (Phi) is 5.97. The molecule has 160 valence electrons. The first-order valence-corrected chi connectivity index (χ1v) is 10.3. The molecule has 31 heavy (non-hydrogen) atoms. The van der Waals surface area contributed by atoms with E-state index in [0.717, 1.165) is 25.7 Å². The standard InChI is InChI=1S/C23H23N3O5/c27-20(26-19-7-2-1-6-18(19)22(29)24-16-10-11-16)13-31-23(30)15-4-3-5-17(12-15)25-21(28)14-8-9-14/h1-7,12,14,16H,8-11,13H2,(H,24,29)(H,25,28)(H,26,27). The molecule has 3 amide bonds. The number of rotatable bonds is 8. The highest BCUT2D eigenvalue weighted by Gasteiger charge is 2.29. The van der Waals surface area contributed by atoms with Crippen molar-refractivity contribution < 1.29 is 23.9 Å². The predicted molar refractivity (Wildman–Crippen MR) is 114 cm³/mol. The predicted octanol–water partition coefficient (Wildman–Crippen LogP) is 2.72. The van der Waals surface area contributed by atoms with Crippen LogP contribution in [0.4, 0.5) is 11.4 Å². The molecule has 2 saturated carbocycles. The summed E-state index contributed by atoms with van der Waals surface area (Å²) in [5.41, 5.74) is 1.44. The summed E-state index contributed by atoms with van der Waals surface area (Å²) in [6.45, 7) is -0.504. The highest BCUT2D eigenvalue weighted by Crippen LogP contribution is 2.30. The molecule has 2 aliphatic carbocycles. The van der Waals surface area contributed by atoms with Crippen LogP contribution in [0.3, 0.4) is 0 Å². The van der Waals surface area contributed by atoms with Gasteiger partial charge in [0.15, 0.2) is 6.61 Å². The number of para-hydroxylation sites is 1. The third-order valence-electron chi connectivity index (χ3n) is 5.01. The molecule has 0 aliphatic heterocycles. The van der Waals surface area contributed by atoms with E-state index in [-0.39, 0.29) is 29.3 Å². The fourth-order valence-electron chi connectivity index (χ4n) is 3.00. The number of ether oxygens (including phenoxy) is 1. The number of esters is 1. The van der Waals surface area contributed by atoms with Gasteiger partial charge in [-0.25, -0.2) is 4.79 Å². The SMILES string of the molecule is O=C(COC(=O)c1cccc(NC(=O)C2CC2)c1)Nc1ccccc1C(=O)NC1CC1. The second kappa shape index (κ2) is 8.99. The molecule has 0 radical (unpaired) electrons. The first-order valence-electron chi connectivity index (χ1n) is 10.3. The molecule has 2 fully saturated rings. The van der Waals surface area contributed by atoms with Crippen molar-refractivity contribution in [2.45, 2.75) is 31.7 Å². The maximum absolute atomic E-state index is 12.3. The van der Waals surface area contributed by atoms with E-state index < -0.39 is 18.5 Å². The average molecular weight is 421 g/mol. The highest BCUT2D eigenvalue weighted by molar-refractivity contribution is 6.04. The number of nitrogens with one attached hydrogen (secondary N) is 3. The first kappa shape index (κ1) is 20.6. The van der Waals surface area contributed by atoms with Crippen LogP contribution in [0.25, 0.3) is 0 Å². The molecule has 0 spiro atoms.